The van der Waals surface area contributed by atoms with Crippen molar-refractivity contribution in [3.05, 3.63) is 65.0 Å². The van der Waals surface area contributed by atoms with Crippen LogP contribution in [0.5, 0.6) is 11.5 Å². The summed E-state index contributed by atoms with van der Waals surface area (Å²) in [6.45, 7) is 3.17. The fourth-order valence-electron chi connectivity index (χ4n) is 2.86. The van der Waals surface area contributed by atoms with E-state index in [0.29, 0.717) is 18.1 Å². The van der Waals surface area contributed by atoms with Gasteiger partial charge in [0.2, 0.25) is 0 Å². The molecule has 2 heterocycles. The summed E-state index contributed by atoms with van der Waals surface area (Å²) in [7, 11) is 1.80. The van der Waals surface area contributed by atoms with Crippen molar-refractivity contribution in [2.45, 2.75) is 6.92 Å². The van der Waals surface area contributed by atoms with Gasteiger partial charge in [0.1, 0.15) is 13.2 Å². The van der Waals surface area contributed by atoms with E-state index in [-0.39, 0.29) is 5.91 Å². The van der Waals surface area contributed by atoms with Gasteiger partial charge < -0.3 is 14.4 Å². The summed E-state index contributed by atoms with van der Waals surface area (Å²) in [6, 6.07) is 17.7. The Balaban J connectivity index is 1.57. The number of aryl methyl sites for hydroxylation is 1. The first-order valence-corrected chi connectivity index (χ1v) is 9.28. The summed E-state index contributed by atoms with van der Waals surface area (Å²) in [4.78, 5) is 16.2. The zero-order valence-electron chi connectivity index (χ0n) is 14.7. The molecule has 0 spiro atoms. The van der Waals surface area contributed by atoms with E-state index in [0.717, 1.165) is 27.6 Å². The Labute approximate surface area is 156 Å². The lowest BCUT2D eigenvalue weighted by atomic mass is 10.1. The lowest BCUT2D eigenvalue weighted by Crippen LogP contribution is -2.25. The summed E-state index contributed by atoms with van der Waals surface area (Å²) in [5.41, 5.74) is 3.08. The van der Waals surface area contributed by atoms with Gasteiger partial charge in [0.15, 0.2) is 11.5 Å². The van der Waals surface area contributed by atoms with Crippen molar-refractivity contribution in [1.82, 2.24) is 0 Å². The van der Waals surface area contributed by atoms with E-state index in [9.17, 15) is 4.79 Å². The van der Waals surface area contributed by atoms with Crippen molar-refractivity contribution in [1.29, 1.82) is 0 Å². The first-order chi connectivity index (χ1) is 12.6. The lowest BCUT2D eigenvalue weighted by molar-refractivity contribution is 0.0997. The summed E-state index contributed by atoms with van der Waals surface area (Å²) >= 11 is 1.48. The number of anilines is 1. The Bertz CT molecular complexity index is 946. The van der Waals surface area contributed by atoms with Crippen molar-refractivity contribution in [3.63, 3.8) is 0 Å². The Morgan fingerprint density at radius 1 is 0.962 bits per heavy atom. The SMILES string of the molecule is Cc1ccc(N(C)C(=O)c2ccc(-c3ccc4c(c3)OCCO4)s2)cc1. The summed E-state index contributed by atoms with van der Waals surface area (Å²) in [5.74, 6) is 1.52. The van der Waals surface area contributed by atoms with E-state index in [1.165, 1.54) is 16.9 Å². The summed E-state index contributed by atoms with van der Waals surface area (Å²) in [6.07, 6.45) is 0. The average Bonchev–Trinajstić information content (AvgIpc) is 3.17. The van der Waals surface area contributed by atoms with Gasteiger partial charge >= 0.3 is 0 Å². The van der Waals surface area contributed by atoms with E-state index in [2.05, 4.69) is 0 Å². The zero-order chi connectivity index (χ0) is 18.1. The minimum absolute atomic E-state index is 0.0114. The van der Waals surface area contributed by atoms with Crippen molar-refractivity contribution in [3.8, 4) is 21.9 Å². The van der Waals surface area contributed by atoms with Crippen molar-refractivity contribution < 1.29 is 14.3 Å². The number of carbonyl (C=O) groups is 1. The number of amides is 1. The smallest absolute Gasteiger partial charge is 0.268 e. The van der Waals surface area contributed by atoms with Crippen LogP contribution in [0.1, 0.15) is 15.2 Å². The van der Waals surface area contributed by atoms with Crippen LogP contribution in [0.15, 0.2) is 54.6 Å². The van der Waals surface area contributed by atoms with Gasteiger partial charge in [-0.15, -0.1) is 11.3 Å². The highest BCUT2D eigenvalue weighted by Crippen LogP contribution is 2.37. The maximum atomic E-state index is 12.8. The first kappa shape index (κ1) is 16.7. The molecule has 1 aliphatic heterocycles. The topological polar surface area (TPSA) is 38.8 Å². The second kappa shape index (κ2) is 6.84. The summed E-state index contributed by atoms with van der Waals surface area (Å²) in [5, 5.41) is 0. The second-order valence-corrected chi connectivity index (χ2v) is 7.31. The van der Waals surface area contributed by atoms with Crippen molar-refractivity contribution in [2.24, 2.45) is 0 Å². The Kier molecular flexibility index (Phi) is 4.39. The molecule has 26 heavy (non-hydrogen) atoms. The molecule has 1 aliphatic rings. The number of thiophene rings is 1. The van der Waals surface area contributed by atoms with Gasteiger partial charge in [-0.05, 0) is 55.0 Å². The third-order valence-corrected chi connectivity index (χ3v) is 5.49. The van der Waals surface area contributed by atoms with Gasteiger partial charge in [-0.2, -0.15) is 0 Å². The molecular weight excluding hydrogens is 346 g/mol. The van der Waals surface area contributed by atoms with E-state index in [4.69, 9.17) is 9.47 Å². The fourth-order valence-corrected chi connectivity index (χ4v) is 3.83. The Morgan fingerprint density at radius 2 is 1.69 bits per heavy atom. The third-order valence-electron chi connectivity index (χ3n) is 4.37. The van der Waals surface area contributed by atoms with Crippen LogP contribution in [0.2, 0.25) is 0 Å². The molecule has 1 amide bonds. The number of nitrogens with zero attached hydrogens (tertiary/aromatic N) is 1. The molecule has 2 aromatic carbocycles. The van der Waals surface area contributed by atoms with E-state index in [1.54, 1.807) is 11.9 Å². The molecule has 0 bridgehead atoms. The number of hydrogen-bond donors (Lipinski definition) is 0. The Hall–Kier alpha value is -2.79. The fraction of sp³-hybridized carbons (Fsp3) is 0.190. The van der Waals surface area contributed by atoms with Gasteiger partial charge in [-0.1, -0.05) is 17.7 Å². The number of carbonyl (C=O) groups excluding carboxylic acids is 1. The molecule has 0 saturated carbocycles. The third kappa shape index (κ3) is 3.18. The van der Waals surface area contributed by atoms with Crippen LogP contribution in [-0.2, 0) is 0 Å². The molecule has 1 aromatic heterocycles. The van der Waals surface area contributed by atoms with Crippen LogP contribution >= 0.6 is 11.3 Å². The Morgan fingerprint density at radius 3 is 2.46 bits per heavy atom. The zero-order valence-corrected chi connectivity index (χ0v) is 15.5. The highest BCUT2D eigenvalue weighted by molar-refractivity contribution is 7.17. The second-order valence-electron chi connectivity index (χ2n) is 6.22. The molecule has 3 aromatic rings. The molecule has 4 nitrogen and oxygen atoms in total. The first-order valence-electron chi connectivity index (χ1n) is 8.46. The van der Waals surface area contributed by atoms with Gasteiger partial charge in [-0.3, -0.25) is 4.79 Å². The van der Waals surface area contributed by atoms with Crippen LogP contribution in [0.3, 0.4) is 0 Å². The average molecular weight is 365 g/mol. The molecule has 0 aliphatic carbocycles. The van der Waals surface area contributed by atoms with Gasteiger partial charge in [0.25, 0.3) is 5.91 Å². The molecule has 0 radical (unpaired) electrons. The van der Waals surface area contributed by atoms with Crippen LogP contribution in [0.4, 0.5) is 5.69 Å². The predicted octanol–water partition coefficient (Wildman–Crippen LogP) is 4.77. The summed E-state index contributed by atoms with van der Waals surface area (Å²) < 4.78 is 11.2. The number of benzene rings is 2. The quantitative estimate of drug-likeness (QED) is 0.671. The van der Waals surface area contributed by atoms with E-state index < -0.39 is 0 Å². The molecule has 5 heteroatoms. The van der Waals surface area contributed by atoms with Crippen LogP contribution in [0.25, 0.3) is 10.4 Å². The number of ether oxygens (including phenoxy) is 2. The number of hydrogen-bond acceptors (Lipinski definition) is 4. The standard InChI is InChI=1S/C21H19NO3S/c1-14-3-6-16(7-4-14)22(2)21(23)20-10-9-19(26-20)15-5-8-17-18(13-15)25-12-11-24-17/h3-10,13H,11-12H2,1-2H3. The molecule has 132 valence electrons. The number of rotatable bonds is 3. The van der Waals surface area contributed by atoms with Crippen LogP contribution in [0, 0.1) is 6.92 Å². The van der Waals surface area contributed by atoms with E-state index >= 15 is 0 Å². The van der Waals surface area contributed by atoms with Crippen LogP contribution < -0.4 is 14.4 Å². The lowest BCUT2D eigenvalue weighted by Gasteiger charge is -2.18. The minimum atomic E-state index is -0.0114. The van der Waals surface area contributed by atoms with Crippen LogP contribution in [-0.4, -0.2) is 26.2 Å². The molecular formula is C21H19NO3S. The van der Waals surface area contributed by atoms with Gasteiger partial charge in [0.05, 0.1) is 4.88 Å². The highest BCUT2D eigenvalue weighted by Gasteiger charge is 2.18. The molecule has 0 N–H and O–H groups in total. The molecule has 0 unspecified atom stereocenters. The molecule has 0 atom stereocenters. The van der Waals surface area contributed by atoms with Gasteiger partial charge in [0, 0.05) is 17.6 Å². The monoisotopic (exact) mass is 365 g/mol. The largest absolute Gasteiger partial charge is 0.486 e. The minimum Gasteiger partial charge on any atom is -0.486 e. The highest BCUT2D eigenvalue weighted by atomic mass is 32.1. The van der Waals surface area contributed by atoms with Crippen molar-refractivity contribution >= 4 is 22.9 Å². The number of fused-ring (bicyclic) bond motifs is 1. The van der Waals surface area contributed by atoms with Crippen molar-refractivity contribution in [2.75, 3.05) is 25.2 Å². The van der Waals surface area contributed by atoms with Gasteiger partial charge in [-0.25, -0.2) is 0 Å². The molecule has 0 fully saturated rings. The van der Waals surface area contributed by atoms with E-state index in [1.807, 2.05) is 61.5 Å². The maximum Gasteiger partial charge on any atom is 0.268 e. The maximum absolute atomic E-state index is 12.8. The normalized spacial score (nSPS) is 12.7. The molecule has 0 saturated heterocycles. The predicted molar refractivity (Wildman–Crippen MR) is 105 cm³/mol. The molecule has 4 rings (SSSR count).